The highest BCUT2D eigenvalue weighted by Gasteiger charge is 2.37. The Labute approximate surface area is 125 Å². The van der Waals surface area contributed by atoms with E-state index in [9.17, 15) is 14.4 Å². The van der Waals surface area contributed by atoms with Gasteiger partial charge in [0.05, 0.1) is 19.4 Å². The lowest BCUT2D eigenvalue weighted by molar-refractivity contribution is -0.142. The molecule has 1 unspecified atom stereocenters. The Morgan fingerprint density at radius 3 is 2.52 bits per heavy atom. The molecule has 0 radical (unpaired) electrons. The van der Waals surface area contributed by atoms with Gasteiger partial charge in [-0.1, -0.05) is 0 Å². The standard InChI is InChI=1S/C15H24N2O4/c1-16(9-7-13(18)21-2)14(19)12-4-3-8-17(10-12)15(20)11-5-6-11/h11-12H,3-10H2,1-2H3. The van der Waals surface area contributed by atoms with Crippen molar-refractivity contribution in [1.82, 2.24) is 9.80 Å². The van der Waals surface area contributed by atoms with Crippen molar-refractivity contribution >= 4 is 17.8 Å². The number of ether oxygens (including phenoxy) is 1. The average Bonchev–Trinajstić information content (AvgIpc) is 3.35. The van der Waals surface area contributed by atoms with E-state index in [1.54, 1.807) is 11.9 Å². The van der Waals surface area contributed by atoms with Crippen LogP contribution in [0, 0.1) is 11.8 Å². The van der Waals surface area contributed by atoms with Gasteiger partial charge in [-0.25, -0.2) is 0 Å². The van der Waals surface area contributed by atoms with Gasteiger partial charge in [0.1, 0.15) is 0 Å². The van der Waals surface area contributed by atoms with Gasteiger partial charge in [0.25, 0.3) is 0 Å². The van der Waals surface area contributed by atoms with E-state index >= 15 is 0 Å². The second kappa shape index (κ2) is 6.91. The maximum atomic E-state index is 12.4. The summed E-state index contributed by atoms with van der Waals surface area (Å²) in [7, 11) is 3.04. The molecular weight excluding hydrogens is 272 g/mol. The predicted molar refractivity (Wildman–Crippen MR) is 76.3 cm³/mol. The molecule has 6 nitrogen and oxygen atoms in total. The van der Waals surface area contributed by atoms with Crippen LogP contribution in [0.25, 0.3) is 0 Å². The summed E-state index contributed by atoms with van der Waals surface area (Å²) in [5.41, 5.74) is 0. The first-order valence-electron chi connectivity index (χ1n) is 7.63. The van der Waals surface area contributed by atoms with Gasteiger partial charge >= 0.3 is 5.97 Å². The molecular formula is C15H24N2O4. The molecule has 0 aromatic rings. The third kappa shape index (κ3) is 4.19. The predicted octanol–water partition coefficient (Wildman–Crippen LogP) is 0.656. The molecule has 2 rings (SSSR count). The van der Waals surface area contributed by atoms with E-state index in [0.717, 1.165) is 32.2 Å². The van der Waals surface area contributed by atoms with Gasteiger partial charge in [0.2, 0.25) is 11.8 Å². The van der Waals surface area contributed by atoms with Gasteiger partial charge < -0.3 is 14.5 Å². The van der Waals surface area contributed by atoms with Gasteiger partial charge in [0.15, 0.2) is 0 Å². The zero-order valence-electron chi connectivity index (χ0n) is 12.8. The lowest BCUT2D eigenvalue weighted by Crippen LogP contribution is -2.46. The lowest BCUT2D eigenvalue weighted by Gasteiger charge is -2.34. The number of carbonyl (C=O) groups is 3. The normalized spacial score (nSPS) is 21.8. The largest absolute Gasteiger partial charge is 0.469 e. The van der Waals surface area contributed by atoms with Crippen LogP contribution in [0.4, 0.5) is 0 Å². The van der Waals surface area contributed by atoms with Crippen LogP contribution in [0.2, 0.25) is 0 Å². The van der Waals surface area contributed by atoms with Crippen molar-refractivity contribution in [3.05, 3.63) is 0 Å². The molecule has 0 aromatic carbocycles. The third-order valence-electron chi connectivity index (χ3n) is 4.26. The molecule has 118 valence electrons. The van der Waals surface area contributed by atoms with E-state index in [0.29, 0.717) is 13.1 Å². The van der Waals surface area contributed by atoms with Gasteiger partial charge in [-0.2, -0.15) is 0 Å². The summed E-state index contributed by atoms with van der Waals surface area (Å²) in [6.07, 6.45) is 3.88. The number of likely N-dealkylation sites (tertiary alicyclic amines) is 1. The molecule has 1 atom stereocenters. The lowest BCUT2D eigenvalue weighted by atomic mass is 9.96. The fourth-order valence-corrected chi connectivity index (χ4v) is 2.75. The third-order valence-corrected chi connectivity index (χ3v) is 4.26. The molecule has 2 fully saturated rings. The molecule has 6 heteroatoms. The minimum absolute atomic E-state index is 0.0206. The molecule has 0 spiro atoms. The number of hydrogen-bond donors (Lipinski definition) is 0. The number of esters is 1. The van der Waals surface area contributed by atoms with Gasteiger partial charge in [-0.3, -0.25) is 14.4 Å². The van der Waals surface area contributed by atoms with Gasteiger partial charge in [-0.15, -0.1) is 0 Å². The van der Waals surface area contributed by atoms with Crippen molar-refractivity contribution in [3.8, 4) is 0 Å². The summed E-state index contributed by atoms with van der Waals surface area (Å²) in [5, 5.41) is 0. The van der Waals surface area contributed by atoms with Crippen LogP contribution in [0.3, 0.4) is 0 Å². The van der Waals surface area contributed by atoms with Crippen LogP contribution < -0.4 is 0 Å². The first-order chi connectivity index (χ1) is 10.0. The summed E-state index contributed by atoms with van der Waals surface area (Å²) in [6, 6.07) is 0. The minimum atomic E-state index is -0.316. The monoisotopic (exact) mass is 296 g/mol. The Morgan fingerprint density at radius 1 is 1.19 bits per heavy atom. The SMILES string of the molecule is COC(=O)CCN(C)C(=O)C1CCCN(C(=O)C2CC2)C1. The zero-order chi connectivity index (χ0) is 15.4. The number of rotatable bonds is 5. The van der Waals surface area contributed by atoms with E-state index in [4.69, 9.17) is 0 Å². The highest BCUT2D eigenvalue weighted by molar-refractivity contribution is 5.83. The van der Waals surface area contributed by atoms with Crippen molar-refractivity contribution in [1.29, 1.82) is 0 Å². The summed E-state index contributed by atoms with van der Waals surface area (Å²) in [4.78, 5) is 39.0. The van der Waals surface area contributed by atoms with Crippen molar-refractivity contribution in [2.75, 3.05) is 33.8 Å². The van der Waals surface area contributed by atoms with Crippen LogP contribution in [0.5, 0.6) is 0 Å². The van der Waals surface area contributed by atoms with Crippen LogP contribution in [-0.4, -0.2) is 61.4 Å². The average molecular weight is 296 g/mol. The summed E-state index contributed by atoms with van der Waals surface area (Å²) in [6.45, 7) is 1.65. The molecule has 1 heterocycles. The number of piperidine rings is 1. The number of methoxy groups -OCH3 is 1. The van der Waals surface area contributed by atoms with Crippen LogP contribution in [0.1, 0.15) is 32.1 Å². The molecule has 1 saturated carbocycles. The molecule has 21 heavy (non-hydrogen) atoms. The van der Waals surface area contributed by atoms with Crippen LogP contribution in [-0.2, 0) is 19.1 Å². The smallest absolute Gasteiger partial charge is 0.307 e. The second-order valence-electron chi connectivity index (χ2n) is 5.98. The van der Waals surface area contributed by atoms with Crippen LogP contribution >= 0.6 is 0 Å². The number of hydrogen-bond acceptors (Lipinski definition) is 4. The molecule has 0 bridgehead atoms. The summed E-state index contributed by atoms with van der Waals surface area (Å²) in [5.74, 6) is -0.0132. The molecule has 2 aliphatic rings. The van der Waals surface area contributed by atoms with Gasteiger partial charge in [-0.05, 0) is 25.7 Å². The van der Waals surface area contributed by atoms with Crippen molar-refractivity contribution in [2.45, 2.75) is 32.1 Å². The van der Waals surface area contributed by atoms with Crippen molar-refractivity contribution in [2.24, 2.45) is 11.8 Å². The number of carbonyl (C=O) groups excluding carboxylic acids is 3. The van der Waals surface area contributed by atoms with E-state index in [1.165, 1.54) is 7.11 Å². The first kappa shape index (κ1) is 15.8. The number of nitrogens with zero attached hydrogens (tertiary/aromatic N) is 2. The Kier molecular flexibility index (Phi) is 5.20. The quantitative estimate of drug-likeness (QED) is 0.699. The maximum Gasteiger partial charge on any atom is 0.307 e. The molecule has 0 aromatic heterocycles. The highest BCUT2D eigenvalue weighted by atomic mass is 16.5. The molecule has 1 saturated heterocycles. The van der Waals surface area contributed by atoms with Gasteiger partial charge in [0, 0.05) is 32.6 Å². The molecule has 1 aliphatic heterocycles. The van der Waals surface area contributed by atoms with Crippen molar-refractivity contribution in [3.63, 3.8) is 0 Å². The minimum Gasteiger partial charge on any atom is -0.469 e. The van der Waals surface area contributed by atoms with Crippen molar-refractivity contribution < 1.29 is 19.1 Å². The van der Waals surface area contributed by atoms with E-state index < -0.39 is 0 Å². The van der Waals surface area contributed by atoms with E-state index in [1.807, 2.05) is 4.90 Å². The Balaban J connectivity index is 1.83. The second-order valence-corrected chi connectivity index (χ2v) is 5.98. The fraction of sp³-hybridized carbons (Fsp3) is 0.800. The highest BCUT2D eigenvalue weighted by Crippen LogP contribution is 2.32. The fourth-order valence-electron chi connectivity index (χ4n) is 2.75. The van der Waals surface area contributed by atoms with Crippen LogP contribution in [0.15, 0.2) is 0 Å². The summed E-state index contributed by atoms with van der Waals surface area (Å²) >= 11 is 0. The van der Waals surface area contributed by atoms with E-state index in [2.05, 4.69) is 4.74 Å². The number of amides is 2. The Hall–Kier alpha value is -1.59. The topological polar surface area (TPSA) is 66.9 Å². The van der Waals surface area contributed by atoms with E-state index in [-0.39, 0.29) is 36.0 Å². The first-order valence-corrected chi connectivity index (χ1v) is 7.63. The maximum absolute atomic E-state index is 12.4. The molecule has 1 aliphatic carbocycles. The molecule has 0 N–H and O–H groups in total. The summed E-state index contributed by atoms with van der Waals surface area (Å²) < 4.78 is 4.58. The molecule has 2 amide bonds. The Bertz CT molecular complexity index is 420. The Morgan fingerprint density at radius 2 is 1.90 bits per heavy atom. The zero-order valence-corrected chi connectivity index (χ0v) is 12.8.